The van der Waals surface area contributed by atoms with E-state index in [2.05, 4.69) is 85.9 Å². The second kappa shape index (κ2) is 14.3. The van der Waals surface area contributed by atoms with Crippen LogP contribution in [0.2, 0.25) is 0 Å². The fraction of sp³-hybridized carbons (Fsp3) is 0.700. The van der Waals surface area contributed by atoms with Crippen molar-refractivity contribution in [3.8, 4) is 0 Å². The summed E-state index contributed by atoms with van der Waals surface area (Å²) in [4.78, 5) is 19.0. The van der Waals surface area contributed by atoms with Crippen LogP contribution in [0.3, 0.4) is 0 Å². The highest BCUT2D eigenvalue weighted by Gasteiger charge is 2.33. The Bertz CT molecular complexity index is 817. The molecule has 6 nitrogen and oxygen atoms in total. The summed E-state index contributed by atoms with van der Waals surface area (Å²) in [6.45, 7) is 16.6. The van der Waals surface area contributed by atoms with E-state index in [9.17, 15) is 4.79 Å². The number of hydrogen-bond donors (Lipinski definition) is 0. The Morgan fingerprint density at radius 3 is 1.81 bits per heavy atom. The van der Waals surface area contributed by atoms with Crippen molar-refractivity contribution in [2.45, 2.75) is 66.2 Å². The molecule has 0 aromatic rings. The SMILES string of the molecule is C/C1=C/C=C(/C(C)C)CC/C(C(=O)N(N2CCN(C)CC2)N2CCN(C)CC2)=C\CC/C(C)=C/CC1. The van der Waals surface area contributed by atoms with Crippen molar-refractivity contribution in [2.75, 3.05) is 66.5 Å². The quantitative estimate of drug-likeness (QED) is 0.516. The van der Waals surface area contributed by atoms with Gasteiger partial charge in [-0.15, -0.1) is 0 Å². The second-order valence-electron chi connectivity index (χ2n) is 11.4. The number of allylic oxidation sites excluding steroid dienone is 7. The number of carbonyl (C=O) groups excluding carboxylic acids is 1. The third-order valence-corrected chi connectivity index (χ3v) is 7.92. The minimum absolute atomic E-state index is 0.188. The minimum atomic E-state index is 0.188. The maximum absolute atomic E-state index is 14.3. The Labute approximate surface area is 220 Å². The van der Waals surface area contributed by atoms with Gasteiger partial charge in [-0.2, -0.15) is 5.12 Å². The van der Waals surface area contributed by atoms with Crippen LogP contribution in [0.1, 0.15) is 66.2 Å². The van der Waals surface area contributed by atoms with E-state index in [1.165, 1.54) is 16.7 Å². The molecule has 2 heterocycles. The van der Waals surface area contributed by atoms with Gasteiger partial charge in [-0.05, 0) is 72.4 Å². The first-order valence-electron chi connectivity index (χ1n) is 14.2. The molecule has 2 fully saturated rings. The van der Waals surface area contributed by atoms with Gasteiger partial charge in [-0.3, -0.25) is 4.79 Å². The maximum atomic E-state index is 14.3. The molecule has 1 aliphatic carbocycles. The topological polar surface area (TPSA) is 33.3 Å². The molecule has 0 N–H and O–H groups in total. The number of carbonyl (C=O) groups is 1. The average Bonchev–Trinajstić information content (AvgIpc) is 2.84. The van der Waals surface area contributed by atoms with Gasteiger partial charge in [-0.25, -0.2) is 10.0 Å². The molecular formula is C30H51N5O. The van der Waals surface area contributed by atoms with Crippen LogP contribution in [-0.2, 0) is 4.79 Å². The highest BCUT2D eigenvalue weighted by Crippen LogP contribution is 2.25. The molecule has 1 amide bonds. The highest BCUT2D eigenvalue weighted by molar-refractivity contribution is 5.92. The molecule has 0 saturated carbocycles. The Morgan fingerprint density at radius 2 is 1.25 bits per heavy atom. The molecule has 3 rings (SSSR count). The van der Waals surface area contributed by atoms with Gasteiger partial charge in [-0.1, -0.05) is 54.9 Å². The fourth-order valence-corrected chi connectivity index (χ4v) is 5.13. The van der Waals surface area contributed by atoms with Gasteiger partial charge >= 0.3 is 0 Å². The van der Waals surface area contributed by atoms with Crippen LogP contribution in [-0.4, -0.2) is 97.3 Å². The van der Waals surface area contributed by atoms with Gasteiger partial charge < -0.3 is 9.80 Å². The molecular weight excluding hydrogens is 446 g/mol. The molecule has 36 heavy (non-hydrogen) atoms. The molecule has 3 aliphatic rings. The Hall–Kier alpha value is -1.73. The number of hydrogen-bond acceptors (Lipinski definition) is 5. The van der Waals surface area contributed by atoms with Crippen LogP contribution < -0.4 is 0 Å². The number of likely N-dealkylation sites (N-methyl/N-ethyl adjacent to an activating group) is 2. The van der Waals surface area contributed by atoms with E-state index in [4.69, 9.17) is 0 Å². The summed E-state index contributed by atoms with van der Waals surface area (Å²) in [5.41, 5.74) is 5.27. The van der Waals surface area contributed by atoms with Crippen LogP contribution in [0.25, 0.3) is 0 Å². The third-order valence-electron chi connectivity index (χ3n) is 7.92. The minimum Gasteiger partial charge on any atom is -0.304 e. The van der Waals surface area contributed by atoms with Crippen LogP contribution in [0, 0.1) is 5.92 Å². The maximum Gasteiger partial charge on any atom is 0.278 e. The zero-order valence-electron chi connectivity index (χ0n) is 23.9. The Balaban J connectivity index is 1.88. The predicted octanol–water partition coefficient (Wildman–Crippen LogP) is 4.90. The molecule has 0 aromatic carbocycles. The van der Waals surface area contributed by atoms with Crippen molar-refractivity contribution in [1.29, 1.82) is 0 Å². The van der Waals surface area contributed by atoms with Gasteiger partial charge in [0.1, 0.15) is 0 Å². The molecule has 0 aromatic heterocycles. The molecule has 6 heteroatoms. The predicted molar refractivity (Wildman–Crippen MR) is 151 cm³/mol. The van der Waals surface area contributed by atoms with Crippen LogP contribution in [0.4, 0.5) is 0 Å². The van der Waals surface area contributed by atoms with Crippen LogP contribution in [0.15, 0.2) is 46.6 Å². The summed E-state index contributed by atoms with van der Waals surface area (Å²) in [5, 5.41) is 6.65. The van der Waals surface area contributed by atoms with Gasteiger partial charge in [0.2, 0.25) is 0 Å². The van der Waals surface area contributed by atoms with Gasteiger partial charge in [0.05, 0.1) is 0 Å². The van der Waals surface area contributed by atoms with Crippen molar-refractivity contribution >= 4 is 5.91 Å². The van der Waals surface area contributed by atoms with Crippen molar-refractivity contribution in [3.05, 3.63) is 46.6 Å². The second-order valence-corrected chi connectivity index (χ2v) is 11.4. The molecule has 0 bridgehead atoms. The number of hydrazine groups is 2. The van der Waals surface area contributed by atoms with Gasteiger partial charge in [0.15, 0.2) is 0 Å². The summed E-state index contributed by atoms with van der Waals surface area (Å²) in [6, 6.07) is 0. The van der Waals surface area contributed by atoms with E-state index in [1.54, 1.807) is 0 Å². The summed E-state index contributed by atoms with van der Waals surface area (Å²) in [7, 11) is 4.34. The zero-order chi connectivity index (χ0) is 26.1. The monoisotopic (exact) mass is 497 g/mol. The van der Waals surface area contributed by atoms with Gasteiger partial charge in [0, 0.05) is 57.9 Å². The highest BCUT2D eigenvalue weighted by atomic mass is 16.2. The van der Waals surface area contributed by atoms with Crippen LogP contribution >= 0.6 is 0 Å². The first-order valence-corrected chi connectivity index (χ1v) is 14.2. The standard InChI is InChI=1S/C30H51N5O/c1-25(2)28-14-13-27(4)10-7-9-26(3)11-8-12-29(16-15-28)30(36)35(33-21-17-31(5)18-22-33)34-23-19-32(6)20-24-34/h9,12-14,25H,7-8,10-11,15-24H2,1-6H3/b26-9+,27-13-,28-14+,29-12+. The zero-order valence-corrected chi connectivity index (χ0v) is 23.9. The van der Waals surface area contributed by atoms with E-state index in [1.807, 2.05) is 5.12 Å². The molecule has 0 spiro atoms. The molecule has 2 saturated heterocycles. The van der Waals surface area contributed by atoms with E-state index in [0.29, 0.717) is 5.92 Å². The molecule has 0 radical (unpaired) electrons. The van der Waals surface area contributed by atoms with Crippen molar-refractivity contribution in [3.63, 3.8) is 0 Å². The Kier molecular flexibility index (Phi) is 11.4. The number of nitrogens with zero attached hydrogens (tertiary/aromatic N) is 5. The fourth-order valence-electron chi connectivity index (χ4n) is 5.13. The lowest BCUT2D eigenvalue weighted by Crippen LogP contribution is -2.64. The van der Waals surface area contributed by atoms with Gasteiger partial charge in [0.25, 0.3) is 5.91 Å². The lowest BCUT2D eigenvalue weighted by Gasteiger charge is -2.47. The first kappa shape index (κ1) is 28.8. The van der Waals surface area contributed by atoms with E-state index < -0.39 is 0 Å². The first-order chi connectivity index (χ1) is 17.2. The number of piperazine rings is 2. The van der Waals surface area contributed by atoms with E-state index in [0.717, 1.165) is 96.5 Å². The Morgan fingerprint density at radius 1 is 0.722 bits per heavy atom. The normalized spacial score (nSPS) is 29.2. The summed E-state index contributed by atoms with van der Waals surface area (Å²) < 4.78 is 0. The van der Waals surface area contributed by atoms with E-state index in [-0.39, 0.29) is 5.91 Å². The lowest BCUT2D eigenvalue weighted by atomic mass is 9.93. The van der Waals surface area contributed by atoms with Crippen molar-refractivity contribution in [1.82, 2.24) is 24.9 Å². The molecule has 2 aliphatic heterocycles. The lowest BCUT2D eigenvalue weighted by molar-refractivity contribution is -0.207. The number of amides is 1. The summed E-state index contributed by atoms with van der Waals surface area (Å²) >= 11 is 0. The van der Waals surface area contributed by atoms with Crippen LogP contribution in [0.5, 0.6) is 0 Å². The molecule has 202 valence electrons. The smallest absolute Gasteiger partial charge is 0.278 e. The van der Waals surface area contributed by atoms with E-state index >= 15 is 0 Å². The molecule has 0 unspecified atom stereocenters. The molecule has 0 atom stereocenters. The largest absolute Gasteiger partial charge is 0.304 e. The summed E-state index contributed by atoms with van der Waals surface area (Å²) in [5.74, 6) is 0.666. The third kappa shape index (κ3) is 8.69. The summed E-state index contributed by atoms with van der Waals surface area (Å²) in [6.07, 6.45) is 15.2. The van der Waals surface area contributed by atoms with Crippen molar-refractivity contribution in [2.24, 2.45) is 5.92 Å². The average molecular weight is 498 g/mol. The number of rotatable bonds is 4. The van der Waals surface area contributed by atoms with Crippen molar-refractivity contribution < 1.29 is 4.79 Å².